The molecule has 0 aliphatic carbocycles. The average Bonchev–Trinajstić information content (AvgIpc) is 2.79. The molecule has 0 unspecified atom stereocenters. The molecule has 21 heavy (non-hydrogen) atoms. The largest absolute Gasteiger partial charge is 0.480 e. The smallest absolute Gasteiger partial charge is 0.326 e. The average molecular weight is 307 g/mol. The van der Waals surface area contributed by atoms with E-state index in [-0.39, 0.29) is 0 Å². The summed E-state index contributed by atoms with van der Waals surface area (Å²) in [6, 6.07) is 4.40. The summed E-state index contributed by atoms with van der Waals surface area (Å²) in [7, 11) is 0. The van der Waals surface area contributed by atoms with Crippen LogP contribution in [0.2, 0.25) is 0 Å². The lowest BCUT2D eigenvalue weighted by molar-refractivity contribution is -0.139. The van der Waals surface area contributed by atoms with E-state index in [4.69, 9.17) is 5.11 Å². The molecular weight excluding hydrogens is 290 g/mol. The highest BCUT2D eigenvalue weighted by molar-refractivity contribution is 7.22. The molecule has 6 nitrogen and oxygen atoms in total. The number of hydrogen-bond acceptors (Lipinski definition) is 4. The van der Waals surface area contributed by atoms with Crippen molar-refractivity contribution in [1.82, 2.24) is 10.3 Å². The predicted octanol–water partition coefficient (Wildman–Crippen LogP) is 2.98. The monoisotopic (exact) mass is 307 g/mol. The fourth-order valence-electron chi connectivity index (χ4n) is 1.92. The minimum absolute atomic E-state index is 0.391. The van der Waals surface area contributed by atoms with E-state index in [0.717, 1.165) is 15.8 Å². The molecule has 0 radical (unpaired) electrons. The Labute approximate surface area is 126 Å². The van der Waals surface area contributed by atoms with Gasteiger partial charge in [-0.25, -0.2) is 14.6 Å². The van der Waals surface area contributed by atoms with Crippen molar-refractivity contribution in [3.8, 4) is 0 Å². The van der Waals surface area contributed by atoms with E-state index >= 15 is 0 Å². The third kappa shape index (κ3) is 3.91. The van der Waals surface area contributed by atoms with Crippen molar-refractivity contribution in [2.24, 2.45) is 0 Å². The van der Waals surface area contributed by atoms with Crippen molar-refractivity contribution in [2.45, 2.75) is 32.7 Å². The van der Waals surface area contributed by atoms with E-state index in [0.29, 0.717) is 18.0 Å². The SMILES string of the molecule is CCC[C@@H](NC(=O)Nc1nc2ccc(C)cc2s1)C(=O)O. The highest BCUT2D eigenvalue weighted by Gasteiger charge is 2.19. The maximum absolute atomic E-state index is 11.8. The molecular formula is C14H17N3O3S. The molecule has 2 aromatic rings. The second-order valence-corrected chi connectivity index (χ2v) is 5.80. The van der Waals surface area contributed by atoms with Crippen LogP contribution in [0.4, 0.5) is 9.93 Å². The number of benzene rings is 1. The number of aromatic nitrogens is 1. The first-order valence-electron chi connectivity index (χ1n) is 6.67. The van der Waals surface area contributed by atoms with Crippen molar-refractivity contribution >= 4 is 38.7 Å². The van der Waals surface area contributed by atoms with Crippen LogP contribution in [0.15, 0.2) is 18.2 Å². The van der Waals surface area contributed by atoms with Crippen LogP contribution < -0.4 is 10.6 Å². The second-order valence-electron chi connectivity index (χ2n) is 4.77. The van der Waals surface area contributed by atoms with Crippen molar-refractivity contribution in [3.05, 3.63) is 23.8 Å². The summed E-state index contributed by atoms with van der Waals surface area (Å²) in [4.78, 5) is 27.1. The van der Waals surface area contributed by atoms with Crippen LogP contribution in [0.25, 0.3) is 10.2 Å². The van der Waals surface area contributed by atoms with Crippen molar-refractivity contribution in [3.63, 3.8) is 0 Å². The first kappa shape index (κ1) is 15.2. The normalized spacial score (nSPS) is 12.1. The standard InChI is InChI=1S/C14H17N3O3S/c1-3-4-10(12(18)19)15-13(20)17-14-16-9-6-5-8(2)7-11(9)21-14/h5-7,10H,3-4H2,1-2H3,(H,18,19)(H2,15,16,17,20)/t10-/m1/s1. The van der Waals surface area contributed by atoms with Crippen molar-refractivity contribution in [1.29, 1.82) is 0 Å². The number of nitrogens with one attached hydrogen (secondary N) is 2. The number of carbonyl (C=O) groups is 2. The Balaban J connectivity index is 2.05. The summed E-state index contributed by atoms with van der Waals surface area (Å²) >= 11 is 1.36. The fraction of sp³-hybridized carbons (Fsp3) is 0.357. The summed E-state index contributed by atoms with van der Waals surface area (Å²) < 4.78 is 0.980. The maximum Gasteiger partial charge on any atom is 0.326 e. The van der Waals surface area contributed by atoms with Crippen molar-refractivity contribution in [2.75, 3.05) is 5.32 Å². The maximum atomic E-state index is 11.8. The molecule has 1 atom stereocenters. The second kappa shape index (κ2) is 6.53. The summed E-state index contributed by atoms with van der Waals surface area (Å²) in [5, 5.41) is 14.5. The quantitative estimate of drug-likeness (QED) is 0.792. The molecule has 0 aliphatic rings. The molecule has 0 bridgehead atoms. The fourth-order valence-corrected chi connectivity index (χ4v) is 2.88. The molecule has 0 spiro atoms. The van der Waals surface area contributed by atoms with E-state index in [1.807, 2.05) is 32.0 Å². The molecule has 1 heterocycles. The molecule has 7 heteroatoms. The zero-order valence-electron chi connectivity index (χ0n) is 11.8. The Morgan fingerprint density at radius 3 is 2.86 bits per heavy atom. The zero-order chi connectivity index (χ0) is 15.4. The lowest BCUT2D eigenvalue weighted by Crippen LogP contribution is -2.42. The van der Waals surface area contributed by atoms with Crippen LogP contribution in [-0.2, 0) is 4.79 Å². The van der Waals surface area contributed by atoms with E-state index in [1.54, 1.807) is 0 Å². The molecule has 2 rings (SSSR count). The van der Waals surface area contributed by atoms with E-state index in [9.17, 15) is 9.59 Å². The van der Waals surface area contributed by atoms with Crippen LogP contribution >= 0.6 is 11.3 Å². The first-order valence-corrected chi connectivity index (χ1v) is 7.48. The summed E-state index contributed by atoms with van der Waals surface area (Å²) in [6.45, 7) is 3.85. The molecule has 0 saturated heterocycles. The lowest BCUT2D eigenvalue weighted by atomic mass is 10.2. The Morgan fingerprint density at radius 1 is 1.43 bits per heavy atom. The Hall–Kier alpha value is -2.15. The van der Waals surface area contributed by atoms with Gasteiger partial charge in [0.25, 0.3) is 0 Å². The van der Waals surface area contributed by atoms with E-state index in [2.05, 4.69) is 15.6 Å². The third-order valence-corrected chi connectivity index (χ3v) is 3.88. The van der Waals surface area contributed by atoms with Gasteiger partial charge in [0, 0.05) is 0 Å². The summed E-state index contributed by atoms with van der Waals surface area (Å²) in [5.74, 6) is -1.04. The number of carbonyl (C=O) groups excluding carboxylic acids is 1. The van der Waals surface area contributed by atoms with Gasteiger partial charge < -0.3 is 10.4 Å². The number of amides is 2. The molecule has 0 fully saturated rings. The van der Waals surface area contributed by atoms with Gasteiger partial charge in [-0.1, -0.05) is 30.7 Å². The van der Waals surface area contributed by atoms with Crippen molar-refractivity contribution < 1.29 is 14.7 Å². The number of thiazole rings is 1. The number of aliphatic carboxylic acids is 1. The Bertz CT molecular complexity index is 669. The Morgan fingerprint density at radius 2 is 2.19 bits per heavy atom. The summed E-state index contributed by atoms with van der Waals surface area (Å²) in [5.41, 5.74) is 1.93. The number of rotatable bonds is 5. The van der Waals surface area contributed by atoms with Gasteiger partial charge in [-0.15, -0.1) is 0 Å². The number of hydrogen-bond donors (Lipinski definition) is 3. The van der Waals surface area contributed by atoms with Crippen LogP contribution in [-0.4, -0.2) is 28.1 Å². The van der Waals surface area contributed by atoms with Crippen LogP contribution in [0.1, 0.15) is 25.3 Å². The van der Waals surface area contributed by atoms with Gasteiger partial charge >= 0.3 is 12.0 Å². The highest BCUT2D eigenvalue weighted by Crippen LogP contribution is 2.26. The number of nitrogens with zero attached hydrogens (tertiary/aromatic N) is 1. The molecule has 1 aromatic heterocycles. The first-order chi connectivity index (χ1) is 9.99. The highest BCUT2D eigenvalue weighted by atomic mass is 32.1. The van der Waals surface area contributed by atoms with E-state index in [1.165, 1.54) is 11.3 Å². The summed E-state index contributed by atoms with van der Waals surface area (Å²) in [6.07, 6.45) is 1.07. The molecule has 1 aromatic carbocycles. The minimum Gasteiger partial charge on any atom is -0.480 e. The lowest BCUT2D eigenvalue weighted by Gasteiger charge is -2.13. The van der Waals surface area contributed by atoms with Gasteiger partial charge in [0.05, 0.1) is 10.2 Å². The van der Waals surface area contributed by atoms with Crippen LogP contribution in [0, 0.1) is 6.92 Å². The number of carboxylic acids is 1. The molecule has 3 N–H and O–H groups in total. The molecule has 0 aliphatic heterocycles. The number of anilines is 1. The zero-order valence-corrected chi connectivity index (χ0v) is 12.7. The van der Waals surface area contributed by atoms with Gasteiger partial charge in [0.15, 0.2) is 5.13 Å². The Kier molecular flexibility index (Phi) is 4.74. The van der Waals surface area contributed by atoms with Gasteiger partial charge in [-0.05, 0) is 31.0 Å². The third-order valence-electron chi connectivity index (χ3n) is 2.95. The number of urea groups is 1. The van der Waals surface area contributed by atoms with E-state index < -0.39 is 18.0 Å². The molecule has 0 saturated carbocycles. The van der Waals surface area contributed by atoms with Gasteiger partial charge in [-0.2, -0.15) is 0 Å². The van der Waals surface area contributed by atoms with Gasteiger partial charge in [0.2, 0.25) is 0 Å². The topological polar surface area (TPSA) is 91.3 Å². The molecule has 2 amide bonds. The number of fused-ring (bicyclic) bond motifs is 1. The number of aryl methyl sites for hydroxylation is 1. The van der Waals surface area contributed by atoms with Crippen LogP contribution in [0.3, 0.4) is 0 Å². The minimum atomic E-state index is -1.04. The predicted molar refractivity (Wildman–Crippen MR) is 82.8 cm³/mol. The number of carboxylic acid groups (broad SMARTS) is 1. The van der Waals surface area contributed by atoms with Gasteiger partial charge in [-0.3, -0.25) is 5.32 Å². The van der Waals surface area contributed by atoms with Gasteiger partial charge in [0.1, 0.15) is 6.04 Å². The molecule has 112 valence electrons. The van der Waals surface area contributed by atoms with Crippen LogP contribution in [0.5, 0.6) is 0 Å².